The van der Waals surface area contributed by atoms with E-state index in [0.717, 1.165) is 30.2 Å². The first-order valence-electron chi connectivity index (χ1n) is 15.6. The van der Waals surface area contributed by atoms with Gasteiger partial charge in [0, 0.05) is 48.0 Å². The van der Waals surface area contributed by atoms with Gasteiger partial charge in [-0.1, -0.05) is 29.8 Å². The van der Waals surface area contributed by atoms with Gasteiger partial charge in [0.1, 0.15) is 16.1 Å². The van der Waals surface area contributed by atoms with Crippen LogP contribution in [0, 0.1) is 0 Å². The number of carboxylic acid groups (broad SMARTS) is 1. The van der Waals surface area contributed by atoms with Crippen LogP contribution in [0.2, 0.25) is 5.02 Å². The fourth-order valence-corrected chi connectivity index (χ4v) is 9.16. The molecule has 2 unspecified atom stereocenters. The first-order valence-corrected chi connectivity index (χ1v) is 17.4. The SMILES string of the molecule is CCOc1ncccc1C1(C2CN(C3CCN(C)CC3)CCN2C(=O)O)C(=O)N(S(=O)(=O)c2ccccc2OC)c2ccc(Cl)cc21. The first-order chi connectivity index (χ1) is 22.5. The molecule has 47 heavy (non-hydrogen) atoms. The molecule has 3 aliphatic heterocycles. The van der Waals surface area contributed by atoms with Crippen LogP contribution < -0.4 is 13.8 Å². The Labute approximate surface area is 279 Å². The van der Waals surface area contributed by atoms with Crippen LogP contribution in [0.15, 0.2) is 65.7 Å². The van der Waals surface area contributed by atoms with Crippen LogP contribution in [0.25, 0.3) is 0 Å². The number of pyridine rings is 1. The molecule has 1 N–H and O–H groups in total. The van der Waals surface area contributed by atoms with Gasteiger partial charge in [0.2, 0.25) is 5.88 Å². The van der Waals surface area contributed by atoms with E-state index in [1.165, 1.54) is 42.5 Å². The van der Waals surface area contributed by atoms with Crippen LogP contribution in [0.5, 0.6) is 11.6 Å². The molecule has 3 aromatic rings. The second kappa shape index (κ2) is 12.9. The Hall–Kier alpha value is -3.91. The largest absolute Gasteiger partial charge is 0.495 e. The summed E-state index contributed by atoms with van der Waals surface area (Å²) in [5.74, 6) is -0.688. The topological polar surface area (TPSA) is 133 Å². The number of ether oxygens (including phenoxy) is 2. The summed E-state index contributed by atoms with van der Waals surface area (Å²) in [7, 11) is -1.18. The molecule has 14 heteroatoms. The maximum absolute atomic E-state index is 15.5. The van der Waals surface area contributed by atoms with Crippen molar-refractivity contribution in [2.75, 3.05) is 57.8 Å². The molecule has 250 valence electrons. The first kappa shape index (κ1) is 33.0. The lowest BCUT2D eigenvalue weighted by molar-refractivity contribution is -0.124. The molecule has 2 amide bonds. The Morgan fingerprint density at radius 1 is 1.06 bits per heavy atom. The number of aromatic nitrogens is 1. The lowest BCUT2D eigenvalue weighted by Crippen LogP contribution is -2.67. The van der Waals surface area contributed by atoms with E-state index in [0.29, 0.717) is 6.54 Å². The van der Waals surface area contributed by atoms with E-state index in [2.05, 4.69) is 21.8 Å². The average Bonchev–Trinajstić information content (AvgIpc) is 3.33. The Bertz CT molecular complexity index is 1780. The molecule has 0 bridgehead atoms. The van der Waals surface area contributed by atoms with E-state index in [1.807, 2.05) is 0 Å². The second-order valence-corrected chi connectivity index (χ2v) is 14.2. The summed E-state index contributed by atoms with van der Waals surface area (Å²) < 4.78 is 41.5. The van der Waals surface area contributed by atoms with Crippen LogP contribution in [0.1, 0.15) is 30.9 Å². The lowest BCUT2D eigenvalue weighted by atomic mass is 9.68. The van der Waals surface area contributed by atoms with Gasteiger partial charge in [0.25, 0.3) is 15.9 Å². The monoisotopic (exact) mass is 683 g/mol. The number of hydrogen-bond acceptors (Lipinski definition) is 9. The molecule has 0 saturated carbocycles. The molecule has 0 aliphatic carbocycles. The van der Waals surface area contributed by atoms with Gasteiger partial charge in [0.15, 0.2) is 0 Å². The Morgan fingerprint density at radius 2 is 1.81 bits per heavy atom. The van der Waals surface area contributed by atoms with Gasteiger partial charge in [-0.05, 0) is 76.3 Å². The maximum atomic E-state index is 15.5. The highest BCUT2D eigenvalue weighted by Crippen LogP contribution is 2.54. The zero-order chi connectivity index (χ0) is 33.5. The molecule has 2 atom stereocenters. The molecule has 12 nitrogen and oxygen atoms in total. The Balaban J connectivity index is 1.63. The third kappa shape index (κ3) is 5.48. The molecule has 2 aromatic carbocycles. The van der Waals surface area contributed by atoms with Gasteiger partial charge in [-0.2, -0.15) is 0 Å². The number of anilines is 1. The highest BCUT2D eigenvalue weighted by atomic mass is 35.5. The van der Waals surface area contributed by atoms with E-state index >= 15 is 4.79 Å². The highest BCUT2D eigenvalue weighted by molar-refractivity contribution is 7.93. The summed E-state index contributed by atoms with van der Waals surface area (Å²) in [6, 6.07) is 13.0. The number of fused-ring (bicyclic) bond motifs is 1. The van der Waals surface area contributed by atoms with Gasteiger partial charge in [-0.3, -0.25) is 9.69 Å². The van der Waals surface area contributed by atoms with Gasteiger partial charge < -0.3 is 24.4 Å². The average molecular weight is 684 g/mol. The van der Waals surface area contributed by atoms with Crippen LogP contribution >= 0.6 is 11.6 Å². The van der Waals surface area contributed by atoms with Gasteiger partial charge >= 0.3 is 6.09 Å². The number of amides is 2. The minimum Gasteiger partial charge on any atom is -0.495 e. The normalized spacial score (nSPS) is 22.7. The van der Waals surface area contributed by atoms with E-state index in [-0.39, 0.29) is 64.1 Å². The number of sulfonamides is 1. The molecule has 3 aliphatic rings. The summed E-state index contributed by atoms with van der Waals surface area (Å²) in [6.45, 7) is 4.50. The van der Waals surface area contributed by atoms with Crippen molar-refractivity contribution in [3.63, 3.8) is 0 Å². The number of halogens is 1. The minimum absolute atomic E-state index is 0.0583. The molecular formula is C33H38ClN5O7S. The van der Waals surface area contributed by atoms with Crippen LogP contribution in [-0.2, 0) is 20.2 Å². The fourth-order valence-electron chi connectivity index (χ4n) is 7.35. The molecule has 4 heterocycles. The second-order valence-electron chi connectivity index (χ2n) is 12.0. The summed E-state index contributed by atoms with van der Waals surface area (Å²) in [4.78, 5) is 38.6. The number of rotatable bonds is 8. The molecule has 6 rings (SSSR count). The fraction of sp³-hybridized carbons (Fsp3) is 0.424. The summed E-state index contributed by atoms with van der Waals surface area (Å²) in [5.41, 5.74) is -1.33. The van der Waals surface area contributed by atoms with Crippen LogP contribution in [0.3, 0.4) is 0 Å². The zero-order valence-electron chi connectivity index (χ0n) is 26.5. The van der Waals surface area contributed by atoms with Crippen molar-refractivity contribution in [2.24, 2.45) is 0 Å². The maximum Gasteiger partial charge on any atom is 0.407 e. The number of carbonyl (C=O) groups is 2. The number of likely N-dealkylation sites (tertiary alicyclic amines) is 1. The molecule has 0 radical (unpaired) electrons. The van der Waals surface area contributed by atoms with Crippen LogP contribution in [0.4, 0.5) is 10.5 Å². The van der Waals surface area contributed by atoms with E-state index in [4.69, 9.17) is 21.1 Å². The highest BCUT2D eigenvalue weighted by Gasteiger charge is 2.64. The minimum atomic E-state index is -4.61. The summed E-state index contributed by atoms with van der Waals surface area (Å²) in [5, 5.41) is 10.9. The van der Waals surface area contributed by atoms with E-state index in [1.54, 1.807) is 37.3 Å². The number of methoxy groups -OCH3 is 1. The third-order valence-corrected chi connectivity index (χ3v) is 11.5. The summed E-state index contributed by atoms with van der Waals surface area (Å²) >= 11 is 6.62. The number of benzene rings is 2. The summed E-state index contributed by atoms with van der Waals surface area (Å²) in [6.07, 6.45) is 2.06. The number of hydrogen-bond donors (Lipinski definition) is 1. The van der Waals surface area contributed by atoms with E-state index < -0.39 is 33.5 Å². The Kier molecular flexibility index (Phi) is 9.09. The van der Waals surface area contributed by atoms with E-state index in [9.17, 15) is 18.3 Å². The van der Waals surface area contributed by atoms with Crippen molar-refractivity contribution < 1.29 is 32.6 Å². The van der Waals surface area contributed by atoms with Crippen molar-refractivity contribution in [3.8, 4) is 11.6 Å². The predicted molar refractivity (Wildman–Crippen MR) is 176 cm³/mol. The number of para-hydroxylation sites is 1. The molecule has 0 spiro atoms. The zero-order valence-corrected chi connectivity index (χ0v) is 28.1. The number of piperazine rings is 1. The van der Waals surface area contributed by atoms with Gasteiger partial charge in [-0.15, -0.1) is 0 Å². The smallest absolute Gasteiger partial charge is 0.407 e. The number of carbonyl (C=O) groups excluding carboxylic acids is 1. The lowest BCUT2D eigenvalue weighted by Gasteiger charge is -2.50. The molecule has 2 fully saturated rings. The van der Waals surface area contributed by atoms with Crippen molar-refractivity contribution in [1.29, 1.82) is 0 Å². The number of nitrogens with zero attached hydrogens (tertiary/aromatic N) is 5. The molecular weight excluding hydrogens is 646 g/mol. The van der Waals surface area contributed by atoms with Crippen molar-refractivity contribution in [1.82, 2.24) is 19.7 Å². The molecule has 1 aromatic heterocycles. The molecule has 2 saturated heterocycles. The van der Waals surface area contributed by atoms with Gasteiger partial charge in [-0.25, -0.2) is 22.5 Å². The predicted octanol–water partition coefficient (Wildman–Crippen LogP) is 3.92. The van der Waals surface area contributed by atoms with Crippen molar-refractivity contribution in [3.05, 3.63) is 76.9 Å². The van der Waals surface area contributed by atoms with Crippen molar-refractivity contribution in [2.45, 2.75) is 42.2 Å². The number of piperidine rings is 1. The van der Waals surface area contributed by atoms with Crippen molar-refractivity contribution >= 4 is 39.3 Å². The quantitative estimate of drug-likeness (QED) is 0.373. The standard InChI is InChI=1S/C33H38ClN5O7S/c1-4-46-30-24(8-7-15-35-30)33(29-21-37(18-19-38(29)32(41)42)23-13-16-36(2)17-14-23)25-20-22(34)11-12-26(25)39(31(33)40)47(43,44)28-10-6-5-9-27(28)45-3/h5-12,15,20,23,29H,4,13-14,16-19,21H2,1-3H3,(H,41,42). The Morgan fingerprint density at radius 3 is 2.51 bits per heavy atom. The third-order valence-electron chi connectivity index (χ3n) is 9.55. The van der Waals surface area contributed by atoms with Crippen LogP contribution in [-0.4, -0.2) is 111 Å². The van der Waals surface area contributed by atoms with Gasteiger partial charge in [0.05, 0.1) is 25.4 Å².